The van der Waals surface area contributed by atoms with E-state index in [0.29, 0.717) is 13.0 Å². The topological polar surface area (TPSA) is 59.5 Å². The van der Waals surface area contributed by atoms with Crippen molar-refractivity contribution < 1.29 is 13.2 Å². The highest BCUT2D eigenvalue weighted by atomic mass is 32.2. The lowest BCUT2D eigenvalue weighted by Crippen LogP contribution is -2.34. The van der Waals surface area contributed by atoms with Crippen LogP contribution in [0.5, 0.6) is 5.75 Å². The number of fused-ring (bicyclic) bond motifs is 1. The molecule has 1 aliphatic rings. The van der Waals surface area contributed by atoms with Crippen molar-refractivity contribution in [1.82, 2.24) is 4.98 Å². The van der Waals surface area contributed by atoms with Crippen LogP contribution in [-0.4, -0.2) is 32.3 Å². The summed E-state index contributed by atoms with van der Waals surface area (Å²) in [4.78, 5) is 4.80. The van der Waals surface area contributed by atoms with Crippen molar-refractivity contribution in [3.8, 4) is 27.6 Å². The van der Waals surface area contributed by atoms with Crippen molar-refractivity contribution in [2.45, 2.75) is 26.3 Å². The Morgan fingerprint density at radius 2 is 2.04 bits per heavy atom. The molecule has 146 valence electrons. The highest BCUT2D eigenvalue weighted by Crippen LogP contribution is 2.38. The molecule has 0 unspecified atom stereocenters. The Bertz CT molecular complexity index is 1120. The highest BCUT2D eigenvalue weighted by Gasteiger charge is 2.32. The van der Waals surface area contributed by atoms with Gasteiger partial charge in [-0.1, -0.05) is 18.2 Å². The molecule has 0 saturated heterocycles. The van der Waals surface area contributed by atoms with Crippen LogP contribution in [0.2, 0.25) is 0 Å². The molecule has 1 aliphatic heterocycles. The third kappa shape index (κ3) is 3.52. The van der Waals surface area contributed by atoms with Gasteiger partial charge < -0.3 is 4.74 Å². The molecule has 5 nitrogen and oxygen atoms in total. The Morgan fingerprint density at radius 3 is 2.79 bits per heavy atom. The van der Waals surface area contributed by atoms with E-state index in [1.807, 2.05) is 55.6 Å². The molecule has 28 heavy (non-hydrogen) atoms. The molecule has 0 radical (unpaired) electrons. The first kappa shape index (κ1) is 19.0. The van der Waals surface area contributed by atoms with Gasteiger partial charge in [-0.3, -0.25) is 4.31 Å². The van der Waals surface area contributed by atoms with Gasteiger partial charge in [-0.2, -0.15) is 0 Å². The summed E-state index contributed by atoms with van der Waals surface area (Å²) in [7, 11) is -3.28. The van der Waals surface area contributed by atoms with Crippen molar-refractivity contribution in [2.24, 2.45) is 0 Å². The van der Waals surface area contributed by atoms with Crippen LogP contribution in [0.25, 0.3) is 21.8 Å². The van der Waals surface area contributed by atoms with Crippen LogP contribution in [-0.2, 0) is 16.4 Å². The lowest BCUT2D eigenvalue weighted by atomic mass is 10.1. The van der Waals surface area contributed by atoms with Gasteiger partial charge in [-0.25, -0.2) is 13.4 Å². The number of hydrogen-bond acceptors (Lipinski definition) is 5. The van der Waals surface area contributed by atoms with Crippen molar-refractivity contribution in [2.75, 3.05) is 17.2 Å². The van der Waals surface area contributed by atoms with E-state index in [4.69, 9.17) is 9.72 Å². The maximum atomic E-state index is 12.1. The largest absolute Gasteiger partial charge is 0.494 e. The van der Waals surface area contributed by atoms with E-state index in [-0.39, 0.29) is 6.04 Å². The summed E-state index contributed by atoms with van der Waals surface area (Å²) in [5.74, 6) is 0.837. The average molecular weight is 415 g/mol. The van der Waals surface area contributed by atoms with Gasteiger partial charge in [-0.05, 0) is 50.1 Å². The summed E-state index contributed by atoms with van der Waals surface area (Å²) >= 11 is 1.59. The first-order chi connectivity index (χ1) is 13.4. The number of rotatable bonds is 5. The van der Waals surface area contributed by atoms with Crippen LogP contribution >= 0.6 is 11.3 Å². The SMILES string of the molecule is CCOc1cccc(-c2nc(-c3ccc4c(c3)C[C@H](C)N4S(C)(=O)=O)cs2)c1. The summed E-state index contributed by atoms with van der Waals surface area (Å²) in [6.07, 6.45) is 1.97. The summed E-state index contributed by atoms with van der Waals surface area (Å²) in [6.45, 7) is 4.53. The van der Waals surface area contributed by atoms with Gasteiger partial charge in [-0.15, -0.1) is 11.3 Å². The van der Waals surface area contributed by atoms with E-state index >= 15 is 0 Å². The number of nitrogens with zero attached hydrogens (tertiary/aromatic N) is 2. The monoisotopic (exact) mass is 414 g/mol. The van der Waals surface area contributed by atoms with E-state index in [1.54, 1.807) is 11.3 Å². The molecule has 0 fully saturated rings. The summed E-state index contributed by atoms with van der Waals surface area (Å²) in [5.41, 5.74) is 4.75. The number of aromatic nitrogens is 1. The minimum atomic E-state index is -3.28. The van der Waals surface area contributed by atoms with Crippen molar-refractivity contribution in [3.63, 3.8) is 0 Å². The molecule has 0 N–H and O–H groups in total. The predicted molar refractivity (Wildman–Crippen MR) is 115 cm³/mol. The lowest BCUT2D eigenvalue weighted by Gasteiger charge is -2.21. The number of anilines is 1. The Morgan fingerprint density at radius 1 is 1.21 bits per heavy atom. The molecule has 3 aromatic rings. The van der Waals surface area contributed by atoms with Crippen LogP contribution in [0.4, 0.5) is 5.69 Å². The molecule has 0 bridgehead atoms. The Balaban J connectivity index is 1.66. The highest BCUT2D eigenvalue weighted by molar-refractivity contribution is 7.92. The maximum Gasteiger partial charge on any atom is 0.232 e. The number of benzene rings is 2. The fraction of sp³-hybridized carbons (Fsp3) is 0.286. The van der Waals surface area contributed by atoms with E-state index in [2.05, 4.69) is 6.07 Å². The summed E-state index contributed by atoms with van der Waals surface area (Å²) in [5, 5.41) is 2.97. The second-order valence-corrected chi connectivity index (χ2v) is 9.67. The summed E-state index contributed by atoms with van der Waals surface area (Å²) in [6, 6.07) is 13.8. The smallest absolute Gasteiger partial charge is 0.232 e. The number of sulfonamides is 1. The fourth-order valence-electron chi connectivity index (χ4n) is 3.69. The molecule has 0 spiro atoms. The normalized spacial score (nSPS) is 16.2. The van der Waals surface area contributed by atoms with Gasteiger partial charge in [0.15, 0.2) is 0 Å². The molecule has 0 saturated carbocycles. The van der Waals surface area contributed by atoms with Gasteiger partial charge in [0.05, 0.1) is 24.2 Å². The van der Waals surface area contributed by atoms with Crippen LogP contribution in [0, 0.1) is 0 Å². The Labute approximate surface area is 169 Å². The van der Waals surface area contributed by atoms with Gasteiger partial charge in [0.2, 0.25) is 10.0 Å². The molecule has 1 atom stereocenters. The number of hydrogen-bond donors (Lipinski definition) is 0. The molecule has 1 aromatic heterocycles. The van der Waals surface area contributed by atoms with E-state index in [9.17, 15) is 8.42 Å². The molecule has 4 rings (SSSR count). The molecule has 0 aliphatic carbocycles. The molecular formula is C21H22N2O3S2. The molecule has 2 heterocycles. The van der Waals surface area contributed by atoms with Gasteiger partial charge in [0, 0.05) is 22.5 Å². The van der Waals surface area contributed by atoms with Crippen molar-refractivity contribution in [1.29, 1.82) is 0 Å². The van der Waals surface area contributed by atoms with Crippen molar-refractivity contribution in [3.05, 3.63) is 53.4 Å². The molecule has 7 heteroatoms. The van der Waals surface area contributed by atoms with Crippen LogP contribution < -0.4 is 9.04 Å². The zero-order valence-electron chi connectivity index (χ0n) is 16.0. The third-order valence-corrected chi connectivity index (χ3v) is 6.94. The van der Waals surface area contributed by atoms with Crippen LogP contribution in [0.3, 0.4) is 0 Å². The number of ether oxygens (including phenoxy) is 1. The fourth-order valence-corrected chi connectivity index (χ4v) is 5.78. The molecular weight excluding hydrogens is 392 g/mol. The van der Waals surface area contributed by atoms with Gasteiger partial charge in [0.1, 0.15) is 10.8 Å². The number of thiazole rings is 1. The Kier molecular flexibility index (Phi) is 4.89. The second-order valence-electron chi connectivity index (χ2n) is 6.95. The van der Waals surface area contributed by atoms with E-state index in [1.165, 1.54) is 10.6 Å². The zero-order chi connectivity index (χ0) is 19.9. The lowest BCUT2D eigenvalue weighted by molar-refractivity contribution is 0.340. The van der Waals surface area contributed by atoms with Gasteiger partial charge >= 0.3 is 0 Å². The average Bonchev–Trinajstić information content (AvgIpc) is 3.25. The minimum absolute atomic E-state index is 0.0625. The first-order valence-electron chi connectivity index (χ1n) is 9.18. The quantitative estimate of drug-likeness (QED) is 0.613. The van der Waals surface area contributed by atoms with Crippen LogP contribution in [0.1, 0.15) is 19.4 Å². The van der Waals surface area contributed by atoms with E-state index in [0.717, 1.165) is 38.8 Å². The zero-order valence-corrected chi connectivity index (χ0v) is 17.7. The first-order valence-corrected chi connectivity index (χ1v) is 11.9. The summed E-state index contributed by atoms with van der Waals surface area (Å²) < 4.78 is 31.3. The molecule has 0 amide bonds. The second kappa shape index (κ2) is 7.22. The van der Waals surface area contributed by atoms with Crippen LogP contribution in [0.15, 0.2) is 47.8 Å². The minimum Gasteiger partial charge on any atom is -0.494 e. The van der Waals surface area contributed by atoms with E-state index < -0.39 is 10.0 Å². The predicted octanol–water partition coefficient (Wildman–Crippen LogP) is 4.59. The van der Waals surface area contributed by atoms with Gasteiger partial charge in [0.25, 0.3) is 0 Å². The standard InChI is InChI=1S/C21H22N2O3S2/c1-4-26-18-7-5-6-16(12-18)21-22-19(13-27-21)15-8-9-20-17(11-15)10-14(2)23(20)28(3,24)25/h5-9,11-14H,4,10H2,1-3H3/t14-/m0/s1. The maximum absolute atomic E-state index is 12.1. The third-order valence-electron chi connectivity index (χ3n) is 4.78. The van der Waals surface area contributed by atoms with Crippen molar-refractivity contribution >= 4 is 27.0 Å². The Hall–Kier alpha value is -2.38. The molecule has 2 aromatic carbocycles.